The lowest BCUT2D eigenvalue weighted by Gasteiger charge is -2.34. The van der Waals surface area contributed by atoms with E-state index in [0.717, 1.165) is 15.7 Å². The molecule has 8 heteroatoms. The van der Waals surface area contributed by atoms with E-state index in [0.29, 0.717) is 18.7 Å². The number of likely N-dealkylation sites (N-methyl/N-ethyl adjacent to an activating group) is 1. The molecule has 1 aliphatic carbocycles. The van der Waals surface area contributed by atoms with Crippen LogP contribution in [0.5, 0.6) is 0 Å². The Morgan fingerprint density at radius 1 is 1.21 bits per heavy atom. The third-order valence-electron chi connectivity index (χ3n) is 6.35. The maximum absolute atomic E-state index is 13.0. The number of aliphatic hydroxyl groups is 1. The van der Waals surface area contributed by atoms with Crippen LogP contribution in [0.2, 0.25) is 0 Å². The molecule has 7 nitrogen and oxygen atoms in total. The molecule has 2 aliphatic heterocycles. The average Bonchev–Trinajstić information content (AvgIpc) is 3.23. The third-order valence-corrected chi connectivity index (χ3v) is 6.99. The van der Waals surface area contributed by atoms with Gasteiger partial charge < -0.3 is 19.9 Å². The van der Waals surface area contributed by atoms with Crippen molar-refractivity contribution in [2.75, 3.05) is 7.05 Å². The van der Waals surface area contributed by atoms with E-state index in [2.05, 4.69) is 21.2 Å². The van der Waals surface area contributed by atoms with Crippen LogP contribution in [-0.2, 0) is 6.54 Å². The number of hydrogen-bond acceptors (Lipinski definition) is 3. The summed E-state index contributed by atoms with van der Waals surface area (Å²) in [4.78, 5) is 28.7. The summed E-state index contributed by atoms with van der Waals surface area (Å²) in [6.07, 6.45) is 0.352. The number of urea groups is 1. The lowest BCUT2D eigenvalue weighted by atomic mass is 10.0. The van der Waals surface area contributed by atoms with Gasteiger partial charge in [-0.15, -0.1) is 0 Å². The van der Waals surface area contributed by atoms with Crippen molar-refractivity contribution in [3.05, 3.63) is 57.8 Å². The first-order valence-corrected chi connectivity index (χ1v) is 10.1. The van der Waals surface area contributed by atoms with E-state index in [1.807, 2.05) is 41.8 Å². The second kappa shape index (κ2) is 5.84. The van der Waals surface area contributed by atoms with Gasteiger partial charge >= 0.3 is 6.03 Å². The Morgan fingerprint density at radius 2 is 1.93 bits per heavy atom. The molecule has 3 heterocycles. The summed E-state index contributed by atoms with van der Waals surface area (Å²) in [6.45, 7) is 2.34. The van der Waals surface area contributed by atoms with Gasteiger partial charge in [0.15, 0.2) is 5.72 Å². The van der Waals surface area contributed by atoms with E-state index < -0.39 is 11.8 Å². The fourth-order valence-electron chi connectivity index (χ4n) is 5.03. The molecule has 0 unspecified atom stereocenters. The van der Waals surface area contributed by atoms with Crippen molar-refractivity contribution in [3.63, 3.8) is 0 Å². The standard InChI is InChI=1S/C20H21BrN4O3/c1-11-3-5-12(6-4-11)10-24-19(27)23(2)17-16-14(9-20(17,24)28)25-13(18(26)22-16)7-8-15(25)21/h3-8,14,16-17,28H,9-10H2,1-2H3,(H,22,26)/t14-,16-,17+,20+/m1/s1. The summed E-state index contributed by atoms with van der Waals surface area (Å²) in [5, 5.41) is 14.7. The van der Waals surface area contributed by atoms with Crippen molar-refractivity contribution in [1.82, 2.24) is 19.7 Å². The SMILES string of the molecule is Cc1ccc(CN2C(=O)N(C)[C@H]3[C@@H]4NC(=O)c5ccc(Br)n5[C@@H]4C[C@]32O)cc1. The zero-order chi connectivity index (χ0) is 19.8. The number of aryl methyl sites for hydroxylation is 1. The van der Waals surface area contributed by atoms with Gasteiger partial charge in [-0.3, -0.25) is 9.69 Å². The highest BCUT2D eigenvalue weighted by Crippen LogP contribution is 2.50. The number of amides is 3. The Bertz CT molecular complexity index is 988. The molecule has 146 valence electrons. The molecule has 2 aromatic rings. The molecular weight excluding hydrogens is 424 g/mol. The van der Waals surface area contributed by atoms with Gasteiger partial charge in [0.25, 0.3) is 5.91 Å². The summed E-state index contributed by atoms with van der Waals surface area (Å²) in [6, 6.07) is 10.3. The molecular formula is C20H21BrN4O3. The Kier molecular flexibility index (Phi) is 3.70. The first kappa shape index (κ1) is 17.8. The summed E-state index contributed by atoms with van der Waals surface area (Å²) in [5.74, 6) is -0.186. The minimum atomic E-state index is -1.36. The molecule has 4 atom stereocenters. The molecule has 1 saturated carbocycles. The third kappa shape index (κ3) is 2.24. The zero-order valence-corrected chi connectivity index (χ0v) is 17.2. The number of carbonyl (C=O) groups is 2. The largest absolute Gasteiger partial charge is 0.368 e. The van der Waals surface area contributed by atoms with Crippen molar-refractivity contribution in [1.29, 1.82) is 0 Å². The van der Waals surface area contributed by atoms with Gasteiger partial charge in [0, 0.05) is 13.5 Å². The second-order valence-corrected chi connectivity index (χ2v) is 8.78. The molecule has 3 amide bonds. The van der Waals surface area contributed by atoms with Crippen LogP contribution in [0.1, 0.15) is 34.1 Å². The Labute approximate surface area is 171 Å². The summed E-state index contributed by atoms with van der Waals surface area (Å²) < 4.78 is 2.73. The predicted octanol–water partition coefficient (Wildman–Crippen LogP) is 2.24. The highest BCUT2D eigenvalue weighted by molar-refractivity contribution is 9.10. The Morgan fingerprint density at radius 3 is 2.64 bits per heavy atom. The van der Waals surface area contributed by atoms with E-state index >= 15 is 0 Å². The molecule has 1 aromatic heterocycles. The summed E-state index contributed by atoms with van der Waals surface area (Å²) in [5.41, 5.74) is 1.31. The van der Waals surface area contributed by atoms with E-state index in [4.69, 9.17) is 0 Å². The van der Waals surface area contributed by atoms with E-state index in [1.54, 1.807) is 22.9 Å². The molecule has 5 rings (SSSR count). The predicted molar refractivity (Wildman–Crippen MR) is 106 cm³/mol. The minimum Gasteiger partial charge on any atom is -0.368 e. The van der Waals surface area contributed by atoms with Crippen molar-refractivity contribution >= 4 is 27.9 Å². The van der Waals surface area contributed by atoms with Crippen LogP contribution in [0.25, 0.3) is 0 Å². The van der Waals surface area contributed by atoms with Crippen LogP contribution in [0.4, 0.5) is 4.79 Å². The van der Waals surface area contributed by atoms with Crippen molar-refractivity contribution < 1.29 is 14.7 Å². The van der Waals surface area contributed by atoms with Gasteiger partial charge in [-0.05, 0) is 40.5 Å². The number of nitrogens with one attached hydrogen (secondary N) is 1. The van der Waals surface area contributed by atoms with Crippen molar-refractivity contribution in [2.45, 2.75) is 43.7 Å². The number of rotatable bonds is 2. The highest BCUT2D eigenvalue weighted by Gasteiger charge is 2.66. The number of nitrogens with zero attached hydrogens (tertiary/aromatic N) is 3. The molecule has 0 radical (unpaired) electrons. The van der Waals surface area contributed by atoms with E-state index in [9.17, 15) is 14.7 Å². The number of halogens is 1. The quantitative estimate of drug-likeness (QED) is 0.745. The molecule has 1 saturated heterocycles. The van der Waals surface area contributed by atoms with E-state index in [1.165, 1.54) is 0 Å². The van der Waals surface area contributed by atoms with E-state index in [-0.39, 0.29) is 24.0 Å². The maximum Gasteiger partial charge on any atom is 0.322 e. The smallest absolute Gasteiger partial charge is 0.322 e. The zero-order valence-electron chi connectivity index (χ0n) is 15.6. The number of hydrogen-bond donors (Lipinski definition) is 2. The molecule has 1 aromatic carbocycles. The topological polar surface area (TPSA) is 77.8 Å². The van der Waals surface area contributed by atoms with Crippen LogP contribution in [0.3, 0.4) is 0 Å². The Hall–Kier alpha value is -2.32. The van der Waals surface area contributed by atoms with Gasteiger partial charge in [-0.2, -0.15) is 0 Å². The van der Waals surface area contributed by atoms with Crippen LogP contribution in [0.15, 0.2) is 41.0 Å². The average molecular weight is 445 g/mol. The highest BCUT2D eigenvalue weighted by atomic mass is 79.9. The van der Waals surface area contributed by atoms with Crippen LogP contribution in [0, 0.1) is 6.92 Å². The van der Waals surface area contributed by atoms with Crippen LogP contribution < -0.4 is 5.32 Å². The first-order valence-electron chi connectivity index (χ1n) is 9.31. The molecule has 0 bridgehead atoms. The molecule has 3 aliphatic rings. The molecule has 0 spiro atoms. The van der Waals surface area contributed by atoms with Crippen molar-refractivity contribution in [2.24, 2.45) is 0 Å². The van der Waals surface area contributed by atoms with Gasteiger partial charge in [-0.25, -0.2) is 4.79 Å². The van der Waals surface area contributed by atoms with Crippen molar-refractivity contribution in [3.8, 4) is 0 Å². The summed E-state index contributed by atoms with van der Waals surface area (Å²) >= 11 is 3.52. The minimum absolute atomic E-state index is 0.136. The second-order valence-electron chi connectivity index (χ2n) is 7.97. The molecule has 28 heavy (non-hydrogen) atoms. The number of aromatic nitrogens is 1. The van der Waals surface area contributed by atoms with Crippen LogP contribution >= 0.6 is 15.9 Å². The monoisotopic (exact) mass is 444 g/mol. The van der Waals surface area contributed by atoms with Crippen LogP contribution in [-0.4, -0.2) is 56.3 Å². The number of benzene rings is 1. The number of fused-ring (bicyclic) bond motifs is 5. The lowest BCUT2D eigenvalue weighted by Crippen LogP contribution is -2.56. The number of carbonyl (C=O) groups excluding carboxylic acids is 2. The fraction of sp³-hybridized carbons (Fsp3) is 0.400. The van der Waals surface area contributed by atoms with Gasteiger partial charge in [0.2, 0.25) is 0 Å². The van der Waals surface area contributed by atoms with Gasteiger partial charge in [0.1, 0.15) is 11.7 Å². The summed E-state index contributed by atoms with van der Waals surface area (Å²) in [7, 11) is 1.70. The van der Waals surface area contributed by atoms with Gasteiger partial charge in [0.05, 0.1) is 23.2 Å². The normalized spacial score (nSPS) is 30.9. The lowest BCUT2D eigenvalue weighted by molar-refractivity contribution is -0.0772. The Balaban J connectivity index is 1.54. The molecule has 2 fully saturated rings. The maximum atomic E-state index is 13.0. The van der Waals surface area contributed by atoms with Gasteiger partial charge in [-0.1, -0.05) is 29.8 Å². The molecule has 2 N–H and O–H groups in total. The fourth-order valence-corrected chi connectivity index (χ4v) is 5.61. The first-order chi connectivity index (χ1) is 13.3.